The van der Waals surface area contributed by atoms with E-state index in [1.165, 1.54) is 7.11 Å². The van der Waals surface area contributed by atoms with Crippen LogP contribution in [0.1, 0.15) is 19.3 Å². The zero-order valence-electron chi connectivity index (χ0n) is 12.2. The van der Waals surface area contributed by atoms with E-state index < -0.39 is 12.8 Å². The largest absolute Gasteiger partial charge is 0.465 e. The Balaban J connectivity index is 2.42. The van der Waals surface area contributed by atoms with Crippen molar-refractivity contribution in [3.63, 3.8) is 0 Å². The zero-order valence-corrected chi connectivity index (χ0v) is 11.6. The van der Waals surface area contributed by atoms with Crippen LogP contribution >= 0.6 is 27.3 Å². The summed E-state index contributed by atoms with van der Waals surface area (Å²) in [5.74, 6) is -0.652. The minimum Gasteiger partial charge on any atom is -0.465 e. The first kappa shape index (κ1) is 8.66. The first-order valence-electron chi connectivity index (χ1n) is 6.51. The third kappa shape index (κ3) is 1.56. The van der Waals surface area contributed by atoms with Crippen molar-refractivity contribution in [2.75, 3.05) is 7.11 Å². The molecule has 3 aromatic rings. The molecule has 0 unspecified atom stereocenters. The van der Waals surface area contributed by atoms with Gasteiger partial charge in [-0.3, -0.25) is 4.98 Å². The van der Waals surface area contributed by atoms with E-state index in [0.717, 1.165) is 15.8 Å². The number of halogens is 1. The van der Waals surface area contributed by atoms with Gasteiger partial charge < -0.3 is 9.72 Å². The fourth-order valence-electron chi connectivity index (χ4n) is 1.80. The number of nitrogens with one attached hydrogen (secondary N) is 1. The Bertz CT molecular complexity index is 869. The number of aryl methyl sites for hydroxylation is 1. The van der Waals surface area contributed by atoms with Crippen molar-refractivity contribution < 1.29 is 13.6 Å². The predicted molar refractivity (Wildman–Crippen MR) is 75.3 cm³/mol. The maximum absolute atomic E-state index is 11.8. The molecule has 6 heteroatoms. The quantitative estimate of drug-likeness (QED) is 0.694. The van der Waals surface area contributed by atoms with Gasteiger partial charge in [0.05, 0.1) is 22.8 Å². The normalized spacial score (nSPS) is 14.4. The van der Waals surface area contributed by atoms with Crippen molar-refractivity contribution in [3.05, 3.63) is 27.2 Å². The SMILES string of the molecule is [2H]C([2H])([2H])c1c(C(=O)OC)sc2c1[nH]c1cc(Br)cnc12. The lowest BCUT2D eigenvalue weighted by Gasteiger charge is -1.96. The zero-order chi connectivity index (χ0) is 15.4. The molecule has 0 fully saturated rings. The summed E-state index contributed by atoms with van der Waals surface area (Å²) in [5.41, 5.74) is 1.76. The van der Waals surface area contributed by atoms with E-state index in [1.807, 2.05) is 6.07 Å². The first-order valence-corrected chi connectivity index (χ1v) is 6.62. The van der Waals surface area contributed by atoms with Crippen LogP contribution in [-0.4, -0.2) is 23.0 Å². The summed E-state index contributed by atoms with van der Waals surface area (Å²) in [6.07, 6.45) is 1.63. The van der Waals surface area contributed by atoms with Crippen molar-refractivity contribution in [1.82, 2.24) is 9.97 Å². The monoisotopic (exact) mass is 327 g/mol. The Labute approximate surface area is 119 Å². The molecule has 0 aliphatic carbocycles. The van der Waals surface area contributed by atoms with Gasteiger partial charge >= 0.3 is 5.97 Å². The van der Waals surface area contributed by atoms with Crippen LogP contribution in [0.25, 0.3) is 21.3 Å². The number of H-pyrrole nitrogens is 1. The van der Waals surface area contributed by atoms with E-state index in [9.17, 15) is 4.79 Å². The maximum atomic E-state index is 11.8. The molecule has 1 N–H and O–H groups in total. The fraction of sp³-hybridized carbons (Fsp3) is 0.167. The minimum absolute atomic E-state index is 0.0107. The number of methoxy groups -OCH3 is 1. The number of hydrogen-bond acceptors (Lipinski definition) is 4. The number of esters is 1. The summed E-state index contributed by atoms with van der Waals surface area (Å²) >= 11 is 4.40. The highest BCUT2D eigenvalue weighted by molar-refractivity contribution is 9.10. The number of nitrogens with zero attached hydrogens (tertiary/aromatic N) is 1. The molecule has 3 aromatic heterocycles. The molecule has 0 atom stereocenters. The molecule has 0 amide bonds. The number of carbonyl (C=O) groups excluding carboxylic acids is 1. The van der Waals surface area contributed by atoms with Gasteiger partial charge in [-0.05, 0) is 34.4 Å². The van der Waals surface area contributed by atoms with Gasteiger partial charge in [0.1, 0.15) is 10.4 Å². The number of rotatable bonds is 1. The van der Waals surface area contributed by atoms with Crippen LogP contribution in [0.4, 0.5) is 0 Å². The van der Waals surface area contributed by atoms with E-state index >= 15 is 0 Å². The molecule has 3 heterocycles. The molecule has 18 heavy (non-hydrogen) atoms. The molecule has 0 radical (unpaired) electrons. The molecule has 4 nitrogen and oxygen atoms in total. The van der Waals surface area contributed by atoms with Crippen LogP contribution in [0, 0.1) is 6.85 Å². The van der Waals surface area contributed by atoms with Crippen molar-refractivity contribution >= 4 is 54.5 Å². The highest BCUT2D eigenvalue weighted by Crippen LogP contribution is 2.36. The van der Waals surface area contributed by atoms with Gasteiger partial charge in [0, 0.05) is 14.8 Å². The first-order chi connectivity index (χ1) is 9.82. The highest BCUT2D eigenvalue weighted by Gasteiger charge is 2.19. The second kappa shape index (κ2) is 4.07. The van der Waals surface area contributed by atoms with E-state index in [0.29, 0.717) is 21.3 Å². The molecule has 0 saturated carbocycles. The number of ether oxygens (including phenoxy) is 1. The van der Waals surface area contributed by atoms with Crippen LogP contribution in [0.15, 0.2) is 16.7 Å². The van der Waals surface area contributed by atoms with E-state index in [1.54, 1.807) is 6.20 Å². The lowest BCUT2D eigenvalue weighted by molar-refractivity contribution is 0.0605. The molecular weight excluding hydrogens is 316 g/mol. The third-order valence-corrected chi connectivity index (χ3v) is 4.22. The molecule has 0 aliphatic rings. The van der Waals surface area contributed by atoms with Crippen molar-refractivity contribution in [2.24, 2.45) is 0 Å². The summed E-state index contributed by atoms with van der Waals surface area (Å²) in [7, 11) is 1.23. The number of carbonyl (C=O) groups is 1. The summed E-state index contributed by atoms with van der Waals surface area (Å²) in [6.45, 7) is -2.42. The lowest BCUT2D eigenvalue weighted by atomic mass is 10.2. The molecule has 0 spiro atoms. The van der Waals surface area contributed by atoms with Crippen LogP contribution in [0.3, 0.4) is 0 Å². The third-order valence-electron chi connectivity index (χ3n) is 2.61. The molecule has 3 rings (SSSR count). The molecule has 0 aromatic carbocycles. The minimum atomic E-state index is -2.42. The topological polar surface area (TPSA) is 55.0 Å². The Morgan fingerprint density at radius 3 is 3.22 bits per heavy atom. The van der Waals surface area contributed by atoms with Crippen molar-refractivity contribution in [3.8, 4) is 0 Å². The van der Waals surface area contributed by atoms with Gasteiger partial charge in [0.15, 0.2) is 0 Å². The Kier molecular flexibility index (Phi) is 1.96. The molecule has 0 saturated heterocycles. The summed E-state index contributed by atoms with van der Waals surface area (Å²) < 4.78 is 29.1. The predicted octanol–water partition coefficient (Wildman–Crippen LogP) is 3.64. The van der Waals surface area contributed by atoms with Crippen molar-refractivity contribution in [2.45, 2.75) is 6.85 Å². The standard InChI is InChI=1S/C12H9BrN2O2S/c1-5-8-11(18-10(5)12(16)17-2)9-7(15-8)3-6(13)4-14-9/h3-4,15H,1-2H3/i1D3. The number of aromatic amines is 1. The van der Waals surface area contributed by atoms with Gasteiger partial charge in [-0.1, -0.05) is 0 Å². The number of pyridine rings is 1. The average Bonchev–Trinajstić information content (AvgIpc) is 2.91. The molecular formula is C12H9BrN2O2S. The summed E-state index contributed by atoms with van der Waals surface area (Å²) in [4.78, 5) is 19.3. The van der Waals surface area contributed by atoms with Crippen molar-refractivity contribution in [1.29, 1.82) is 0 Å². The van der Waals surface area contributed by atoms with Gasteiger partial charge in [-0.25, -0.2) is 4.79 Å². The average molecular weight is 328 g/mol. The van der Waals surface area contributed by atoms with Crippen LogP contribution in [-0.2, 0) is 4.74 Å². The summed E-state index contributed by atoms with van der Waals surface area (Å²) in [5, 5.41) is 0. The second-order valence-corrected chi connectivity index (χ2v) is 5.61. The number of hydrogen-bond donors (Lipinski definition) is 1. The van der Waals surface area contributed by atoms with E-state index in [2.05, 4.69) is 30.6 Å². The number of thiophene rings is 1. The van der Waals surface area contributed by atoms with Gasteiger partial charge in [0.25, 0.3) is 0 Å². The highest BCUT2D eigenvalue weighted by atomic mass is 79.9. The molecule has 0 aliphatic heterocycles. The Morgan fingerprint density at radius 1 is 1.67 bits per heavy atom. The van der Waals surface area contributed by atoms with Gasteiger partial charge in [0.2, 0.25) is 0 Å². The van der Waals surface area contributed by atoms with Crippen LogP contribution in [0.2, 0.25) is 0 Å². The van der Waals surface area contributed by atoms with Crippen LogP contribution < -0.4 is 0 Å². The maximum Gasteiger partial charge on any atom is 0.348 e. The Morgan fingerprint density at radius 2 is 2.50 bits per heavy atom. The van der Waals surface area contributed by atoms with Crippen LogP contribution in [0.5, 0.6) is 0 Å². The fourth-order valence-corrected chi connectivity index (χ4v) is 3.22. The summed E-state index contributed by atoms with van der Waals surface area (Å²) in [6, 6.07) is 1.82. The molecule has 0 bridgehead atoms. The van der Waals surface area contributed by atoms with Gasteiger partial charge in [-0.2, -0.15) is 0 Å². The van der Waals surface area contributed by atoms with E-state index in [-0.39, 0.29) is 10.4 Å². The smallest absolute Gasteiger partial charge is 0.348 e. The molecule has 92 valence electrons. The van der Waals surface area contributed by atoms with Gasteiger partial charge in [-0.15, -0.1) is 11.3 Å². The Hall–Kier alpha value is -1.40. The number of aromatic nitrogens is 2. The number of fused-ring (bicyclic) bond motifs is 3. The van der Waals surface area contributed by atoms with E-state index in [4.69, 9.17) is 4.11 Å². The lowest BCUT2D eigenvalue weighted by Crippen LogP contribution is -1.99. The second-order valence-electron chi connectivity index (χ2n) is 3.68.